The molecule has 0 unspecified atom stereocenters. The normalized spacial score (nSPS) is 29.3. The Hall–Kier alpha value is -3.63. The van der Waals surface area contributed by atoms with Gasteiger partial charge in [-0.25, -0.2) is 4.79 Å². The highest BCUT2D eigenvalue weighted by Crippen LogP contribution is 2.37. The summed E-state index contributed by atoms with van der Waals surface area (Å²) < 4.78 is 22.7. The van der Waals surface area contributed by atoms with E-state index in [0.29, 0.717) is 56.4 Å². The van der Waals surface area contributed by atoms with Crippen molar-refractivity contribution in [1.29, 1.82) is 0 Å². The van der Waals surface area contributed by atoms with Crippen LogP contribution in [0, 0.1) is 35.5 Å². The van der Waals surface area contributed by atoms with Gasteiger partial charge in [0.25, 0.3) is 11.7 Å². The van der Waals surface area contributed by atoms with Crippen molar-refractivity contribution in [2.75, 3.05) is 27.9 Å². The van der Waals surface area contributed by atoms with E-state index in [-0.39, 0.29) is 42.5 Å². The van der Waals surface area contributed by atoms with Crippen LogP contribution >= 0.6 is 0 Å². The number of aliphatic hydroxyl groups excluding tert-OH is 2. The molecule has 2 saturated heterocycles. The first-order chi connectivity index (χ1) is 30.7. The number of methoxy groups -OCH3 is 3. The quantitative estimate of drug-likeness (QED) is 0.0353. The van der Waals surface area contributed by atoms with Crippen LogP contribution in [0.3, 0.4) is 0 Å². The molecule has 366 valence electrons. The fraction of sp³-hybridized carbons (Fsp3) is 0.706. The number of nitrogens with zero attached hydrogens (tertiary/aromatic N) is 1. The van der Waals surface area contributed by atoms with Gasteiger partial charge in [-0.15, -0.1) is 0 Å². The molecule has 14 heteroatoms. The molecule has 4 N–H and O–H groups in total. The zero-order valence-electron chi connectivity index (χ0n) is 40.5. The Morgan fingerprint density at radius 2 is 1.57 bits per heavy atom. The summed E-state index contributed by atoms with van der Waals surface area (Å²) in [6.45, 7) is 13.0. The molecule has 3 aliphatic rings. The number of carboxylic acids is 1. The van der Waals surface area contributed by atoms with E-state index in [1.807, 2.05) is 57.2 Å². The minimum Gasteiger partial charge on any atom is -0.480 e. The van der Waals surface area contributed by atoms with Crippen LogP contribution in [0.5, 0.6) is 0 Å². The van der Waals surface area contributed by atoms with Gasteiger partial charge in [0.2, 0.25) is 5.79 Å². The third-order valence-electron chi connectivity index (χ3n) is 13.7. The molecule has 14 nitrogen and oxygen atoms in total. The lowest BCUT2D eigenvalue weighted by molar-refractivity contribution is -0.265. The fourth-order valence-electron chi connectivity index (χ4n) is 9.48. The fourth-order valence-corrected chi connectivity index (χ4v) is 9.48. The maximum atomic E-state index is 13.5. The van der Waals surface area contributed by atoms with Crippen LogP contribution in [0.4, 0.5) is 0 Å². The van der Waals surface area contributed by atoms with E-state index in [4.69, 9.17) is 18.9 Å². The number of piperidine rings is 1. The number of allylic oxidation sites excluding steroid dienone is 8. The van der Waals surface area contributed by atoms with Crippen molar-refractivity contribution in [2.45, 2.75) is 168 Å². The molecule has 65 heavy (non-hydrogen) atoms. The van der Waals surface area contributed by atoms with Gasteiger partial charge in [0.05, 0.1) is 24.4 Å². The van der Waals surface area contributed by atoms with Crippen LogP contribution in [-0.2, 0) is 42.9 Å². The lowest BCUT2D eigenvalue weighted by atomic mass is 9.80. The molecule has 0 aromatic carbocycles. The summed E-state index contributed by atoms with van der Waals surface area (Å²) in [7, 11) is 4.58. The first kappa shape index (κ1) is 55.7. The Labute approximate surface area is 387 Å². The van der Waals surface area contributed by atoms with Crippen molar-refractivity contribution in [3.63, 3.8) is 0 Å². The third kappa shape index (κ3) is 16.0. The molecule has 2 heterocycles. The van der Waals surface area contributed by atoms with Crippen molar-refractivity contribution >= 4 is 29.2 Å². The van der Waals surface area contributed by atoms with E-state index in [2.05, 4.69) is 6.92 Å². The van der Waals surface area contributed by atoms with Crippen LogP contribution < -0.4 is 0 Å². The number of hydrogen-bond donors (Lipinski definition) is 4. The minimum absolute atomic E-state index is 0.0173. The predicted octanol–water partition coefficient (Wildman–Crippen LogP) is 6.51. The molecule has 0 radical (unpaired) electrons. The highest BCUT2D eigenvalue weighted by molar-refractivity contribution is 6.39. The van der Waals surface area contributed by atoms with E-state index in [9.17, 15) is 44.4 Å². The summed E-state index contributed by atoms with van der Waals surface area (Å²) in [5.41, 5.74) is 1.35. The van der Waals surface area contributed by atoms with Crippen LogP contribution in [0.1, 0.15) is 119 Å². The maximum Gasteiger partial charge on any atom is 0.326 e. The average Bonchev–Trinajstić information content (AvgIpc) is 3.28. The summed E-state index contributed by atoms with van der Waals surface area (Å²) in [5, 5.41) is 42.4. The molecule has 2 aliphatic heterocycles. The van der Waals surface area contributed by atoms with Crippen molar-refractivity contribution in [3.8, 4) is 0 Å². The maximum absolute atomic E-state index is 13.5. The number of carbonyl (C=O) groups excluding carboxylic acids is 4. The van der Waals surface area contributed by atoms with Gasteiger partial charge < -0.3 is 44.3 Å². The first-order valence-corrected chi connectivity index (χ1v) is 23.6. The predicted molar refractivity (Wildman–Crippen MR) is 247 cm³/mol. The average molecular weight is 914 g/mol. The minimum atomic E-state index is -2.38. The molecule has 1 amide bonds. The SMILES string of the molecule is CO[C@@H](C[C@@H]1CC[C@@H](C)[C@](O)(C(=O)C(=O)N2CCCC[C@H]2C(=O)O)O1)C(C)=CC=CC=C[C@@H](C)C[C@@H](C)C(=O)[C@H](OC)[C@H](O)C(C)=C[C@@H](C)C(=O)C=C[C@H](C)C[C@@H]1CC[C@@H](O)[C@H](OC)C1. The summed E-state index contributed by atoms with van der Waals surface area (Å²) in [6.07, 6.45) is 17.4. The highest BCUT2D eigenvalue weighted by Gasteiger charge is 2.52. The summed E-state index contributed by atoms with van der Waals surface area (Å²) in [5.74, 6) is -7.06. The van der Waals surface area contributed by atoms with Crippen molar-refractivity contribution in [2.24, 2.45) is 35.5 Å². The Bertz CT molecular complexity index is 1750. The molecule has 1 saturated carbocycles. The number of amides is 1. The standard InChI is InChI=1S/C51H79NO13/c1-31(26-35(5)45(55)47(64-10)46(56)36(6)28-34(4)41(53)23-19-32(2)27-38-21-24-42(54)44(29-38)63-9)16-12-11-13-17-33(3)43(62-8)30-39-22-20-37(7)51(61,65-39)48(57)49(58)52-25-15-14-18-40(52)50(59)60/h11-13,16-17,19,23,28,31-32,34-35,37-40,42-44,46-47,54,56,61H,14-15,18,20-22,24-27,29-30H2,1-10H3,(H,59,60)/t31-,32+,34-,35-,37-,38+,39+,40+,42-,43+,44-,46-,47+,51-/m1/s1. The van der Waals surface area contributed by atoms with Crippen LogP contribution in [0.25, 0.3) is 0 Å². The van der Waals surface area contributed by atoms with Gasteiger partial charge in [0, 0.05) is 52.0 Å². The second kappa shape index (κ2) is 26.6. The zero-order chi connectivity index (χ0) is 48.6. The van der Waals surface area contributed by atoms with Crippen LogP contribution in [0.15, 0.2) is 59.8 Å². The number of hydrogen-bond acceptors (Lipinski definition) is 12. The second-order valence-electron chi connectivity index (χ2n) is 19.0. The molecule has 0 aromatic rings. The van der Waals surface area contributed by atoms with E-state index in [0.717, 1.165) is 29.7 Å². The molecule has 1 aliphatic carbocycles. The molecule has 0 aromatic heterocycles. The van der Waals surface area contributed by atoms with Gasteiger partial charge in [-0.05, 0) is 113 Å². The summed E-state index contributed by atoms with van der Waals surface area (Å²) >= 11 is 0. The highest BCUT2D eigenvalue weighted by atomic mass is 16.6. The largest absolute Gasteiger partial charge is 0.480 e. The van der Waals surface area contributed by atoms with Crippen molar-refractivity contribution in [1.82, 2.24) is 4.90 Å². The van der Waals surface area contributed by atoms with E-state index >= 15 is 0 Å². The zero-order valence-corrected chi connectivity index (χ0v) is 40.5. The molecular weight excluding hydrogens is 835 g/mol. The molecule has 0 bridgehead atoms. The molecular formula is C51H79NO13. The number of aliphatic hydroxyl groups is 3. The van der Waals surface area contributed by atoms with Gasteiger partial charge in [-0.3, -0.25) is 19.2 Å². The van der Waals surface area contributed by atoms with Gasteiger partial charge in [-0.1, -0.05) is 77.2 Å². The lowest BCUT2D eigenvalue weighted by Gasteiger charge is -2.42. The van der Waals surface area contributed by atoms with Crippen molar-refractivity contribution in [3.05, 3.63) is 59.8 Å². The number of ether oxygens (including phenoxy) is 4. The number of rotatable bonds is 24. The number of ketones is 3. The molecule has 3 fully saturated rings. The number of likely N-dealkylation sites (tertiary alicyclic amines) is 1. The number of aliphatic carboxylic acids is 1. The van der Waals surface area contributed by atoms with Gasteiger partial charge in [-0.2, -0.15) is 0 Å². The van der Waals surface area contributed by atoms with E-state index in [1.165, 1.54) is 7.11 Å². The Kier molecular flexibility index (Phi) is 22.8. The summed E-state index contributed by atoms with van der Waals surface area (Å²) in [6, 6.07) is -1.12. The van der Waals surface area contributed by atoms with E-state index < -0.39 is 77.8 Å². The molecule has 14 atom stereocenters. The number of carboxylic acid groups (broad SMARTS) is 1. The Balaban J connectivity index is 1.51. The summed E-state index contributed by atoms with van der Waals surface area (Å²) in [4.78, 5) is 66.1. The molecule has 3 rings (SSSR count). The number of Topliss-reactive ketones (excluding diaryl/α,β-unsaturated/α-hetero) is 2. The van der Waals surface area contributed by atoms with Crippen LogP contribution in [0.2, 0.25) is 0 Å². The second-order valence-corrected chi connectivity index (χ2v) is 19.0. The Morgan fingerprint density at radius 1 is 0.862 bits per heavy atom. The first-order valence-electron chi connectivity index (χ1n) is 23.6. The topological polar surface area (TPSA) is 206 Å². The van der Waals surface area contributed by atoms with Crippen LogP contribution in [-0.4, -0.2) is 131 Å². The lowest BCUT2D eigenvalue weighted by Crippen LogP contribution is -2.60. The smallest absolute Gasteiger partial charge is 0.326 e. The number of carbonyl (C=O) groups is 5. The van der Waals surface area contributed by atoms with Gasteiger partial charge >= 0.3 is 5.97 Å². The monoisotopic (exact) mass is 914 g/mol. The van der Waals surface area contributed by atoms with Crippen molar-refractivity contribution < 1.29 is 63.3 Å². The molecule has 0 spiro atoms. The van der Waals surface area contributed by atoms with Gasteiger partial charge in [0.15, 0.2) is 11.6 Å². The third-order valence-corrected chi connectivity index (χ3v) is 13.7. The van der Waals surface area contributed by atoms with E-state index in [1.54, 1.807) is 47.1 Å². The van der Waals surface area contributed by atoms with Gasteiger partial charge in [0.1, 0.15) is 18.2 Å². The Morgan fingerprint density at radius 3 is 2.22 bits per heavy atom.